The number of aryl methyl sites for hydroxylation is 1. The van der Waals surface area contributed by atoms with Crippen LogP contribution in [0, 0.1) is 12.8 Å². The van der Waals surface area contributed by atoms with E-state index in [1.165, 1.54) is 0 Å². The van der Waals surface area contributed by atoms with Crippen molar-refractivity contribution in [2.45, 2.75) is 45.1 Å². The van der Waals surface area contributed by atoms with E-state index in [-0.39, 0.29) is 0 Å². The van der Waals surface area contributed by atoms with Gasteiger partial charge in [0.25, 0.3) is 0 Å². The number of sulfonamides is 1. The summed E-state index contributed by atoms with van der Waals surface area (Å²) in [7, 11) is -3.44. The fraction of sp³-hybridized carbons (Fsp3) is 0.769. The standard InChI is InChI=1S/C13H24N4O2S/c1-4-14-8-12-13(11(3)15-16-12)20(18,19)17-7-5-6-10(2)9-17/h10,14H,4-9H2,1-3H3,(H,15,16). The Hall–Kier alpha value is -0.920. The van der Waals surface area contributed by atoms with Gasteiger partial charge in [-0.25, -0.2) is 8.42 Å². The highest BCUT2D eigenvalue weighted by molar-refractivity contribution is 7.89. The average molecular weight is 300 g/mol. The van der Waals surface area contributed by atoms with E-state index in [9.17, 15) is 8.42 Å². The normalized spacial score (nSPS) is 21.2. The van der Waals surface area contributed by atoms with Crippen LogP contribution < -0.4 is 5.32 Å². The Labute approximate surface area is 121 Å². The monoisotopic (exact) mass is 300 g/mol. The van der Waals surface area contributed by atoms with Crippen molar-refractivity contribution in [2.75, 3.05) is 19.6 Å². The van der Waals surface area contributed by atoms with Gasteiger partial charge in [-0.05, 0) is 32.2 Å². The third-order valence-corrected chi connectivity index (χ3v) is 5.79. The number of hydrogen-bond donors (Lipinski definition) is 2. The van der Waals surface area contributed by atoms with Gasteiger partial charge < -0.3 is 5.32 Å². The predicted molar refractivity (Wildman–Crippen MR) is 77.9 cm³/mol. The molecule has 7 heteroatoms. The first-order valence-corrected chi connectivity index (χ1v) is 8.65. The summed E-state index contributed by atoms with van der Waals surface area (Å²) in [4.78, 5) is 0.354. The van der Waals surface area contributed by atoms with Crippen molar-refractivity contribution in [1.82, 2.24) is 19.8 Å². The molecule has 0 aromatic carbocycles. The van der Waals surface area contributed by atoms with E-state index in [0.29, 0.717) is 41.8 Å². The van der Waals surface area contributed by atoms with Crippen LogP contribution in [0.3, 0.4) is 0 Å². The number of aromatic nitrogens is 2. The van der Waals surface area contributed by atoms with Gasteiger partial charge >= 0.3 is 0 Å². The largest absolute Gasteiger partial charge is 0.311 e. The first-order chi connectivity index (χ1) is 9.46. The van der Waals surface area contributed by atoms with Crippen molar-refractivity contribution in [1.29, 1.82) is 0 Å². The lowest BCUT2D eigenvalue weighted by molar-refractivity contribution is 0.281. The quantitative estimate of drug-likeness (QED) is 0.858. The van der Waals surface area contributed by atoms with Crippen LogP contribution >= 0.6 is 0 Å². The number of aromatic amines is 1. The zero-order chi connectivity index (χ0) is 14.8. The SMILES string of the molecule is CCNCc1n[nH]c(C)c1S(=O)(=O)N1CCCC(C)C1. The zero-order valence-corrected chi connectivity index (χ0v) is 13.3. The van der Waals surface area contributed by atoms with E-state index >= 15 is 0 Å². The van der Waals surface area contributed by atoms with Gasteiger partial charge in [-0.15, -0.1) is 0 Å². The van der Waals surface area contributed by atoms with Crippen LogP contribution in [0.25, 0.3) is 0 Å². The second kappa shape index (κ2) is 6.24. The van der Waals surface area contributed by atoms with Crippen LogP contribution in [0.1, 0.15) is 38.1 Å². The fourth-order valence-electron chi connectivity index (χ4n) is 2.67. The Balaban J connectivity index is 2.31. The maximum atomic E-state index is 12.8. The number of piperidine rings is 1. The first-order valence-electron chi connectivity index (χ1n) is 7.21. The van der Waals surface area contributed by atoms with Gasteiger partial charge in [0.15, 0.2) is 0 Å². The van der Waals surface area contributed by atoms with Gasteiger partial charge in [-0.2, -0.15) is 9.40 Å². The van der Waals surface area contributed by atoms with Crippen LogP contribution in [-0.2, 0) is 16.6 Å². The molecule has 20 heavy (non-hydrogen) atoms. The van der Waals surface area contributed by atoms with E-state index in [1.807, 2.05) is 6.92 Å². The molecule has 0 spiro atoms. The third kappa shape index (κ3) is 3.05. The smallest absolute Gasteiger partial charge is 0.246 e. The molecule has 0 aliphatic carbocycles. The molecule has 1 saturated heterocycles. The molecule has 0 saturated carbocycles. The molecule has 2 heterocycles. The Morgan fingerprint density at radius 1 is 1.50 bits per heavy atom. The van der Waals surface area contributed by atoms with Gasteiger partial charge in [-0.3, -0.25) is 5.10 Å². The summed E-state index contributed by atoms with van der Waals surface area (Å²) in [5.41, 5.74) is 1.21. The summed E-state index contributed by atoms with van der Waals surface area (Å²) >= 11 is 0. The molecule has 6 nitrogen and oxygen atoms in total. The first kappa shape index (κ1) is 15.5. The molecule has 0 bridgehead atoms. The molecule has 1 fully saturated rings. The molecule has 1 aliphatic rings. The third-order valence-electron chi connectivity index (χ3n) is 3.72. The number of H-pyrrole nitrogens is 1. The highest BCUT2D eigenvalue weighted by Gasteiger charge is 2.33. The van der Waals surface area contributed by atoms with Crippen molar-refractivity contribution >= 4 is 10.0 Å². The lowest BCUT2D eigenvalue weighted by Gasteiger charge is -2.30. The molecule has 0 radical (unpaired) electrons. The maximum absolute atomic E-state index is 12.8. The van der Waals surface area contributed by atoms with Gasteiger partial charge in [0.1, 0.15) is 4.90 Å². The van der Waals surface area contributed by atoms with E-state index in [1.54, 1.807) is 11.2 Å². The Bertz CT molecular complexity index is 553. The summed E-state index contributed by atoms with van der Waals surface area (Å²) < 4.78 is 27.3. The lowest BCUT2D eigenvalue weighted by atomic mass is 10.0. The minimum Gasteiger partial charge on any atom is -0.311 e. The van der Waals surface area contributed by atoms with Crippen LogP contribution in [0.15, 0.2) is 4.90 Å². The van der Waals surface area contributed by atoms with Crippen LogP contribution in [-0.4, -0.2) is 42.6 Å². The molecule has 1 aromatic rings. The maximum Gasteiger partial charge on any atom is 0.246 e. The fourth-order valence-corrected chi connectivity index (χ4v) is 4.60. The molecule has 114 valence electrons. The Morgan fingerprint density at radius 2 is 2.25 bits per heavy atom. The van der Waals surface area contributed by atoms with Gasteiger partial charge in [0, 0.05) is 19.6 Å². The van der Waals surface area contributed by atoms with E-state index in [0.717, 1.165) is 19.4 Å². The van der Waals surface area contributed by atoms with Gasteiger partial charge in [0.2, 0.25) is 10.0 Å². The zero-order valence-electron chi connectivity index (χ0n) is 12.4. The number of hydrogen-bond acceptors (Lipinski definition) is 4. The second-order valence-electron chi connectivity index (χ2n) is 5.52. The minimum atomic E-state index is -3.44. The Morgan fingerprint density at radius 3 is 2.90 bits per heavy atom. The van der Waals surface area contributed by atoms with Crippen molar-refractivity contribution in [2.24, 2.45) is 5.92 Å². The van der Waals surface area contributed by atoms with Gasteiger partial charge in [0.05, 0.1) is 11.4 Å². The van der Waals surface area contributed by atoms with Crippen molar-refractivity contribution in [3.05, 3.63) is 11.4 Å². The minimum absolute atomic E-state index is 0.354. The predicted octanol–water partition coefficient (Wildman–Crippen LogP) is 1.25. The highest BCUT2D eigenvalue weighted by Crippen LogP contribution is 2.26. The summed E-state index contributed by atoms with van der Waals surface area (Å²) in [6, 6.07) is 0. The molecule has 2 rings (SSSR count). The van der Waals surface area contributed by atoms with E-state index in [2.05, 4.69) is 22.4 Å². The summed E-state index contributed by atoms with van der Waals surface area (Å²) in [6.07, 6.45) is 2.03. The van der Waals surface area contributed by atoms with Crippen LogP contribution in [0.2, 0.25) is 0 Å². The van der Waals surface area contributed by atoms with Crippen molar-refractivity contribution < 1.29 is 8.42 Å². The number of nitrogens with zero attached hydrogens (tertiary/aromatic N) is 2. The molecular formula is C13H24N4O2S. The van der Waals surface area contributed by atoms with Crippen LogP contribution in [0.4, 0.5) is 0 Å². The summed E-state index contributed by atoms with van der Waals surface area (Å²) in [5, 5.41) is 10.1. The topological polar surface area (TPSA) is 78.1 Å². The van der Waals surface area contributed by atoms with Crippen molar-refractivity contribution in [3.63, 3.8) is 0 Å². The molecule has 1 aliphatic heterocycles. The molecule has 1 aromatic heterocycles. The molecule has 1 atom stereocenters. The second-order valence-corrected chi connectivity index (χ2v) is 7.39. The van der Waals surface area contributed by atoms with Gasteiger partial charge in [-0.1, -0.05) is 13.8 Å². The van der Waals surface area contributed by atoms with E-state index in [4.69, 9.17) is 0 Å². The molecule has 2 N–H and O–H groups in total. The molecule has 1 unspecified atom stereocenters. The molecular weight excluding hydrogens is 276 g/mol. The summed E-state index contributed by atoms with van der Waals surface area (Å²) in [5.74, 6) is 0.419. The number of nitrogens with one attached hydrogen (secondary N) is 2. The summed E-state index contributed by atoms with van der Waals surface area (Å²) in [6.45, 7) is 8.32. The average Bonchev–Trinajstić information content (AvgIpc) is 2.78. The van der Waals surface area contributed by atoms with Crippen LogP contribution in [0.5, 0.6) is 0 Å². The Kier molecular flexibility index (Phi) is 4.82. The van der Waals surface area contributed by atoms with E-state index < -0.39 is 10.0 Å². The number of rotatable bonds is 5. The van der Waals surface area contributed by atoms with Crippen molar-refractivity contribution in [3.8, 4) is 0 Å². The highest BCUT2D eigenvalue weighted by atomic mass is 32.2. The lowest BCUT2D eigenvalue weighted by Crippen LogP contribution is -2.39. The molecule has 0 amide bonds.